The lowest BCUT2D eigenvalue weighted by molar-refractivity contribution is -0.0431. The van der Waals surface area contributed by atoms with E-state index in [1.807, 2.05) is 24.3 Å². The van der Waals surface area contributed by atoms with Gasteiger partial charge in [0.1, 0.15) is 10.6 Å². The Labute approximate surface area is 150 Å². The molecule has 2 aliphatic heterocycles. The number of hydrogen-bond donors (Lipinski definition) is 1. The number of rotatable bonds is 2. The highest BCUT2D eigenvalue weighted by Gasteiger charge is 2.52. The molecule has 0 unspecified atom stereocenters. The monoisotopic (exact) mass is 362 g/mol. The summed E-state index contributed by atoms with van der Waals surface area (Å²) in [6.07, 6.45) is 5.34. The van der Waals surface area contributed by atoms with E-state index in [0.717, 1.165) is 18.5 Å². The predicted octanol–water partition coefficient (Wildman–Crippen LogP) is 1.47. The normalized spacial score (nSPS) is 25.6. The lowest BCUT2D eigenvalue weighted by Crippen LogP contribution is -2.47. The van der Waals surface area contributed by atoms with Gasteiger partial charge in [-0.25, -0.2) is 4.98 Å². The third kappa shape index (κ3) is 2.78. The van der Waals surface area contributed by atoms with Crippen molar-refractivity contribution >= 4 is 17.2 Å². The summed E-state index contributed by atoms with van der Waals surface area (Å²) in [5.41, 5.74) is 0.173. The summed E-state index contributed by atoms with van der Waals surface area (Å²) in [5.74, 6) is 0.0219. The topological polar surface area (TPSA) is 80.5 Å². The van der Waals surface area contributed by atoms with Crippen molar-refractivity contribution in [2.75, 3.05) is 19.7 Å². The minimum absolute atomic E-state index is 0.0219. The van der Waals surface area contributed by atoms with Crippen LogP contribution in [0.4, 0.5) is 0 Å². The number of hydrogen-bond acceptors (Lipinski definition) is 6. The molecular formula is C17H22N4O3S. The summed E-state index contributed by atoms with van der Waals surface area (Å²) in [6.45, 7) is 3.43. The molecule has 1 spiro atoms. The van der Waals surface area contributed by atoms with Crippen molar-refractivity contribution in [2.45, 2.75) is 37.4 Å². The number of thiazole rings is 1. The van der Waals surface area contributed by atoms with E-state index in [1.54, 1.807) is 17.1 Å². The third-order valence-electron chi connectivity index (χ3n) is 5.49. The fourth-order valence-corrected chi connectivity index (χ4v) is 4.54. The van der Waals surface area contributed by atoms with Gasteiger partial charge in [0.15, 0.2) is 0 Å². The molecule has 1 N–H and O–H groups in total. The Morgan fingerprint density at radius 1 is 1.40 bits per heavy atom. The number of aryl methyl sites for hydroxylation is 1. The summed E-state index contributed by atoms with van der Waals surface area (Å²) in [7, 11) is 1.84. The van der Waals surface area contributed by atoms with Crippen molar-refractivity contribution in [3.63, 3.8) is 0 Å². The summed E-state index contributed by atoms with van der Waals surface area (Å²) in [6, 6.07) is 0. The molecule has 2 aromatic heterocycles. The van der Waals surface area contributed by atoms with Gasteiger partial charge in [-0.15, -0.1) is 11.3 Å². The van der Waals surface area contributed by atoms with E-state index in [4.69, 9.17) is 4.74 Å². The standard InChI is InChI=1S/C17H22N4O3S/c1-12-13(9-19-20(12)2)14(22)21-6-3-16(4-7-21)10-17(23,11-24-16)15-18-5-8-25-15/h5,8-9,23H,3-4,6-7,10-11H2,1-2H3/t17-/m1/s1. The number of nitrogens with zero attached hydrogens (tertiary/aromatic N) is 4. The molecule has 0 aromatic carbocycles. The first-order valence-electron chi connectivity index (χ1n) is 8.47. The van der Waals surface area contributed by atoms with Crippen molar-refractivity contribution < 1.29 is 14.6 Å². The maximum absolute atomic E-state index is 12.7. The number of carbonyl (C=O) groups is 1. The Kier molecular flexibility index (Phi) is 3.93. The molecule has 0 radical (unpaired) electrons. The van der Waals surface area contributed by atoms with Gasteiger partial charge >= 0.3 is 0 Å². The Balaban J connectivity index is 1.44. The minimum Gasteiger partial charge on any atom is -0.380 e. The van der Waals surface area contributed by atoms with E-state index >= 15 is 0 Å². The summed E-state index contributed by atoms with van der Waals surface area (Å²) in [4.78, 5) is 18.8. The SMILES string of the molecule is Cc1c(C(=O)N2CCC3(CC2)C[C@](O)(c2nccs2)CO3)cnn1C. The first-order chi connectivity index (χ1) is 11.9. The number of carbonyl (C=O) groups excluding carboxylic acids is 1. The van der Waals surface area contributed by atoms with Crippen LogP contribution in [-0.4, -0.2) is 56.0 Å². The molecule has 25 heavy (non-hydrogen) atoms. The second-order valence-electron chi connectivity index (χ2n) is 7.08. The van der Waals surface area contributed by atoms with Gasteiger partial charge in [0.05, 0.1) is 24.0 Å². The fraction of sp³-hybridized carbons (Fsp3) is 0.588. The molecule has 134 valence electrons. The quantitative estimate of drug-likeness (QED) is 0.875. The first-order valence-corrected chi connectivity index (χ1v) is 9.35. The van der Waals surface area contributed by atoms with Crippen molar-refractivity contribution in [1.82, 2.24) is 19.7 Å². The molecule has 2 saturated heterocycles. The molecule has 2 fully saturated rings. The zero-order valence-corrected chi connectivity index (χ0v) is 15.3. The predicted molar refractivity (Wildman–Crippen MR) is 92.4 cm³/mol. The van der Waals surface area contributed by atoms with E-state index in [2.05, 4.69) is 10.1 Å². The zero-order chi connectivity index (χ0) is 17.7. The van der Waals surface area contributed by atoms with Gasteiger partial charge < -0.3 is 14.7 Å². The molecule has 8 heteroatoms. The third-order valence-corrected chi connectivity index (χ3v) is 6.46. The Morgan fingerprint density at radius 3 is 2.76 bits per heavy atom. The van der Waals surface area contributed by atoms with Crippen molar-refractivity contribution in [3.8, 4) is 0 Å². The van der Waals surface area contributed by atoms with E-state index < -0.39 is 5.60 Å². The highest BCUT2D eigenvalue weighted by Crippen LogP contribution is 2.45. The minimum atomic E-state index is -1.000. The molecule has 2 aliphatic rings. The molecule has 1 atom stereocenters. The summed E-state index contributed by atoms with van der Waals surface area (Å²) < 4.78 is 7.76. The highest BCUT2D eigenvalue weighted by atomic mass is 32.1. The lowest BCUT2D eigenvalue weighted by Gasteiger charge is -2.38. The number of likely N-dealkylation sites (tertiary alicyclic amines) is 1. The second-order valence-corrected chi connectivity index (χ2v) is 7.97. The number of aliphatic hydroxyl groups is 1. The fourth-order valence-electron chi connectivity index (χ4n) is 3.82. The molecular weight excluding hydrogens is 340 g/mol. The number of aromatic nitrogens is 3. The van der Waals surface area contributed by atoms with Crippen LogP contribution < -0.4 is 0 Å². The van der Waals surface area contributed by atoms with E-state index in [9.17, 15) is 9.90 Å². The van der Waals surface area contributed by atoms with Crippen molar-refractivity contribution in [3.05, 3.63) is 34.0 Å². The molecule has 0 bridgehead atoms. The van der Waals surface area contributed by atoms with Gasteiger partial charge in [-0.05, 0) is 19.8 Å². The van der Waals surface area contributed by atoms with Crippen LogP contribution in [0.25, 0.3) is 0 Å². The molecule has 2 aromatic rings. The Morgan fingerprint density at radius 2 is 2.16 bits per heavy atom. The average molecular weight is 362 g/mol. The summed E-state index contributed by atoms with van der Waals surface area (Å²) in [5, 5.41) is 17.6. The van der Waals surface area contributed by atoms with Crippen molar-refractivity contribution in [2.24, 2.45) is 7.05 Å². The smallest absolute Gasteiger partial charge is 0.257 e. The first kappa shape index (κ1) is 16.7. The summed E-state index contributed by atoms with van der Waals surface area (Å²) >= 11 is 1.46. The van der Waals surface area contributed by atoms with Crippen LogP contribution in [0.15, 0.2) is 17.8 Å². The molecule has 1 amide bonds. The van der Waals surface area contributed by atoms with Crippen LogP contribution in [0.2, 0.25) is 0 Å². The Bertz CT molecular complexity index is 780. The maximum Gasteiger partial charge on any atom is 0.257 e. The van der Waals surface area contributed by atoms with Crippen LogP contribution in [0, 0.1) is 6.92 Å². The van der Waals surface area contributed by atoms with Gasteiger partial charge in [-0.1, -0.05) is 0 Å². The number of piperidine rings is 1. The molecule has 0 saturated carbocycles. The number of amides is 1. The van der Waals surface area contributed by atoms with Gasteiger partial charge in [-0.2, -0.15) is 5.10 Å². The van der Waals surface area contributed by atoms with Crippen LogP contribution in [-0.2, 0) is 17.4 Å². The van der Waals surface area contributed by atoms with E-state index in [-0.39, 0.29) is 18.1 Å². The second kappa shape index (κ2) is 5.89. The Hall–Kier alpha value is -1.77. The van der Waals surface area contributed by atoms with Crippen LogP contribution in [0.5, 0.6) is 0 Å². The molecule has 7 nitrogen and oxygen atoms in total. The highest BCUT2D eigenvalue weighted by molar-refractivity contribution is 7.09. The van der Waals surface area contributed by atoms with E-state index in [0.29, 0.717) is 30.1 Å². The number of ether oxygens (including phenoxy) is 1. The van der Waals surface area contributed by atoms with Crippen LogP contribution in [0.1, 0.15) is 40.3 Å². The van der Waals surface area contributed by atoms with Gasteiger partial charge in [0, 0.05) is 43.8 Å². The largest absolute Gasteiger partial charge is 0.380 e. The zero-order valence-electron chi connectivity index (χ0n) is 14.4. The van der Waals surface area contributed by atoms with Crippen LogP contribution in [0.3, 0.4) is 0 Å². The van der Waals surface area contributed by atoms with E-state index in [1.165, 1.54) is 11.3 Å². The molecule has 4 heterocycles. The van der Waals surface area contributed by atoms with Gasteiger partial charge in [0.25, 0.3) is 5.91 Å². The van der Waals surface area contributed by atoms with Crippen molar-refractivity contribution in [1.29, 1.82) is 0 Å². The lowest BCUT2D eigenvalue weighted by atomic mass is 9.83. The van der Waals surface area contributed by atoms with Gasteiger partial charge in [0.2, 0.25) is 0 Å². The van der Waals surface area contributed by atoms with Gasteiger partial charge in [-0.3, -0.25) is 9.48 Å². The van der Waals surface area contributed by atoms with Crippen LogP contribution >= 0.6 is 11.3 Å². The maximum atomic E-state index is 12.7. The molecule has 0 aliphatic carbocycles. The molecule has 4 rings (SSSR count). The average Bonchev–Trinajstić information content (AvgIpc) is 3.31.